The van der Waals surface area contributed by atoms with Crippen LogP contribution in [-0.4, -0.2) is 116 Å². The van der Waals surface area contributed by atoms with Crippen molar-refractivity contribution in [1.82, 2.24) is 36.2 Å². The minimum absolute atomic E-state index is 0.0135. The van der Waals surface area contributed by atoms with Gasteiger partial charge in [-0.05, 0) is 32.4 Å². The molecule has 0 spiro atoms. The predicted octanol–water partition coefficient (Wildman–Crippen LogP) is -2.29. The summed E-state index contributed by atoms with van der Waals surface area (Å²) in [5, 5.41) is 10.8. The van der Waals surface area contributed by atoms with Crippen LogP contribution in [0, 0.1) is 11.8 Å². The van der Waals surface area contributed by atoms with Crippen LogP contribution >= 0.6 is 0 Å². The molecule has 186 valence electrons. The first-order valence-corrected chi connectivity index (χ1v) is 12.3. The number of halogens is 2. The largest absolute Gasteiger partial charge is 0.350 e. The average molecular weight is 471 g/mol. The highest BCUT2D eigenvalue weighted by Crippen LogP contribution is 2.27. The molecule has 5 aliphatic heterocycles. The molecule has 5 rings (SSSR count). The summed E-state index contributed by atoms with van der Waals surface area (Å²) in [5.74, 6) is -0.630. The maximum atomic E-state index is 15.1. The molecule has 0 saturated carbocycles. The van der Waals surface area contributed by atoms with E-state index in [4.69, 9.17) is 5.73 Å². The van der Waals surface area contributed by atoms with E-state index in [1.165, 1.54) is 0 Å². The minimum Gasteiger partial charge on any atom is -0.350 e. The van der Waals surface area contributed by atoms with Crippen molar-refractivity contribution in [3.05, 3.63) is 0 Å². The highest BCUT2D eigenvalue weighted by atomic mass is 19.1. The van der Waals surface area contributed by atoms with Crippen molar-refractivity contribution in [2.24, 2.45) is 17.6 Å². The lowest BCUT2D eigenvalue weighted by Crippen LogP contribution is -2.67. The molecule has 5 fully saturated rings. The summed E-state index contributed by atoms with van der Waals surface area (Å²) in [4.78, 5) is 29.8. The van der Waals surface area contributed by atoms with E-state index >= 15 is 4.39 Å². The number of fused-ring (bicyclic) bond motifs is 1. The lowest BCUT2D eigenvalue weighted by molar-refractivity contribution is -0.141. The number of nitrogens with one attached hydrogen (secondary N) is 4. The van der Waals surface area contributed by atoms with Crippen LogP contribution in [-0.2, 0) is 9.59 Å². The van der Waals surface area contributed by atoms with Crippen LogP contribution in [0.15, 0.2) is 0 Å². The third-order valence-electron chi connectivity index (χ3n) is 7.91. The Morgan fingerprint density at radius 2 is 1.79 bits per heavy atom. The van der Waals surface area contributed by atoms with Crippen LogP contribution in [0.3, 0.4) is 0 Å². The molecule has 0 aromatic carbocycles. The van der Waals surface area contributed by atoms with Gasteiger partial charge in [0.25, 0.3) is 0 Å². The first-order valence-electron chi connectivity index (χ1n) is 12.3. The molecular formula is C21H36F2N8O2. The van der Waals surface area contributed by atoms with Gasteiger partial charge in [-0.3, -0.25) is 19.8 Å². The van der Waals surface area contributed by atoms with Crippen LogP contribution in [0.5, 0.6) is 0 Å². The van der Waals surface area contributed by atoms with Gasteiger partial charge in [-0.25, -0.2) is 19.2 Å². The number of rotatable bonds is 4. The fourth-order valence-electron chi connectivity index (χ4n) is 5.99. The van der Waals surface area contributed by atoms with E-state index in [0.717, 1.165) is 32.4 Å². The summed E-state index contributed by atoms with van der Waals surface area (Å²) in [5.41, 5.74) is 9.15. The third-order valence-corrected chi connectivity index (χ3v) is 7.91. The average Bonchev–Trinajstić information content (AvgIpc) is 3.07. The van der Waals surface area contributed by atoms with Crippen molar-refractivity contribution >= 4 is 11.8 Å². The zero-order valence-electron chi connectivity index (χ0n) is 18.9. The molecule has 7 unspecified atom stereocenters. The lowest BCUT2D eigenvalue weighted by atomic mass is 9.89. The maximum absolute atomic E-state index is 15.1. The Hall–Kier alpha value is -1.44. The second-order valence-electron chi connectivity index (χ2n) is 10.1. The van der Waals surface area contributed by atoms with Gasteiger partial charge in [0.1, 0.15) is 12.3 Å². The summed E-state index contributed by atoms with van der Waals surface area (Å²) in [6.45, 7) is 4.03. The first kappa shape index (κ1) is 23.3. The number of carbonyl (C=O) groups is 2. The molecule has 5 saturated heterocycles. The van der Waals surface area contributed by atoms with Gasteiger partial charge >= 0.3 is 0 Å². The van der Waals surface area contributed by atoms with E-state index in [0.29, 0.717) is 19.6 Å². The molecule has 7 atom stereocenters. The number of alkyl halides is 2. The second-order valence-corrected chi connectivity index (χ2v) is 10.1. The zero-order chi connectivity index (χ0) is 23.1. The molecule has 0 aromatic heterocycles. The molecule has 12 heteroatoms. The van der Waals surface area contributed by atoms with Crippen molar-refractivity contribution < 1.29 is 18.4 Å². The van der Waals surface area contributed by atoms with Gasteiger partial charge in [-0.2, -0.15) is 0 Å². The van der Waals surface area contributed by atoms with Crippen molar-refractivity contribution in [2.45, 2.75) is 56.0 Å². The standard InChI is InChI=1S/C21H36F2N8O2/c22-13-8-26-19-16(18(24)28-31(19)11-13)20(32)27-15-10-25-9-14(23)17(15)29-6-2-12(3-7-29)21(33)30-4-1-5-30/h12-19,25-26,28H,1-11,24H2,(H,27,32). The SMILES string of the molecule is NC1NN2CC(F)CNC2C1C(=O)NC1CNCC(F)C1N1CCC(C(=O)N2CCC2)CC1. The Bertz CT molecular complexity index is 735. The van der Waals surface area contributed by atoms with Gasteiger partial charge in [0.2, 0.25) is 11.8 Å². The van der Waals surface area contributed by atoms with Gasteiger partial charge in [-0.1, -0.05) is 0 Å². The van der Waals surface area contributed by atoms with Crippen LogP contribution in [0.25, 0.3) is 0 Å². The number of piperidine rings is 2. The molecule has 2 amide bonds. The van der Waals surface area contributed by atoms with Crippen molar-refractivity contribution in [3.8, 4) is 0 Å². The van der Waals surface area contributed by atoms with Crippen LogP contribution in [0.1, 0.15) is 19.3 Å². The van der Waals surface area contributed by atoms with Crippen LogP contribution in [0.2, 0.25) is 0 Å². The van der Waals surface area contributed by atoms with Gasteiger partial charge in [-0.15, -0.1) is 0 Å². The van der Waals surface area contributed by atoms with Crippen molar-refractivity contribution in [3.63, 3.8) is 0 Å². The quantitative estimate of drug-likeness (QED) is 0.312. The second kappa shape index (κ2) is 9.67. The molecule has 10 nitrogen and oxygen atoms in total. The van der Waals surface area contributed by atoms with E-state index in [9.17, 15) is 14.0 Å². The Balaban J connectivity index is 1.21. The maximum Gasteiger partial charge on any atom is 0.229 e. The molecule has 5 heterocycles. The third kappa shape index (κ3) is 4.61. The smallest absolute Gasteiger partial charge is 0.229 e. The Labute approximate surface area is 192 Å². The monoisotopic (exact) mass is 470 g/mol. The van der Waals surface area contributed by atoms with E-state index in [1.807, 2.05) is 4.90 Å². The Morgan fingerprint density at radius 1 is 1.03 bits per heavy atom. The lowest BCUT2D eigenvalue weighted by Gasteiger charge is -2.46. The number of likely N-dealkylation sites (tertiary alicyclic amines) is 2. The zero-order valence-corrected chi connectivity index (χ0v) is 18.9. The van der Waals surface area contributed by atoms with Gasteiger partial charge < -0.3 is 21.3 Å². The van der Waals surface area contributed by atoms with Gasteiger partial charge in [0.15, 0.2) is 0 Å². The Kier molecular flexibility index (Phi) is 6.83. The van der Waals surface area contributed by atoms with Crippen LogP contribution in [0.4, 0.5) is 8.78 Å². The molecule has 33 heavy (non-hydrogen) atoms. The van der Waals surface area contributed by atoms with Gasteiger partial charge in [0, 0.05) is 45.2 Å². The molecule has 5 aliphatic rings. The van der Waals surface area contributed by atoms with E-state index in [-0.39, 0.29) is 37.4 Å². The molecule has 6 N–H and O–H groups in total. The highest BCUT2D eigenvalue weighted by Gasteiger charge is 2.48. The highest BCUT2D eigenvalue weighted by molar-refractivity contribution is 5.81. The van der Waals surface area contributed by atoms with Gasteiger partial charge in [0.05, 0.1) is 30.3 Å². The van der Waals surface area contributed by atoms with Crippen molar-refractivity contribution in [1.29, 1.82) is 0 Å². The topological polar surface area (TPSA) is 118 Å². The summed E-state index contributed by atoms with van der Waals surface area (Å²) >= 11 is 0. The summed E-state index contributed by atoms with van der Waals surface area (Å²) in [6.07, 6.45) is -0.687. The molecule has 0 aliphatic carbocycles. The number of hydrogen-bond acceptors (Lipinski definition) is 8. The number of nitrogens with zero attached hydrogens (tertiary/aromatic N) is 3. The number of nitrogens with two attached hydrogens (primary N) is 1. The molecule has 0 bridgehead atoms. The van der Waals surface area contributed by atoms with Crippen molar-refractivity contribution in [2.75, 3.05) is 52.4 Å². The fourth-order valence-corrected chi connectivity index (χ4v) is 5.99. The number of amides is 2. The predicted molar refractivity (Wildman–Crippen MR) is 117 cm³/mol. The summed E-state index contributed by atoms with van der Waals surface area (Å²) in [7, 11) is 0. The number of hydrazine groups is 1. The van der Waals surface area contributed by atoms with E-state index in [2.05, 4.69) is 26.3 Å². The number of hydrogen-bond donors (Lipinski definition) is 5. The fraction of sp³-hybridized carbons (Fsp3) is 0.905. The first-order chi connectivity index (χ1) is 15.9. The Morgan fingerprint density at radius 3 is 2.48 bits per heavy atom. The summed E-state index contributed by atoms with van der Waals surface area (Å²) in [6, 6.07) is -0.867. The van der Waals surface area contributed by atoms with E-state index < -0.39 is 42.7 Å². The molecule has 0 aromatic rings. The number of carbonyl (C=O) groups excluding carboxylic acids is 2. The van der Waals surface area contributed by atoms with Crippen LogP contribution < -0.4 is 27.1 Å². The van der Waals surface area contributed by atoms with E-state index in [1.54, 1.807) is 5.01 Å². The molecule has 0 radical (unpaired) electrons. The molecular weight excluding hydrogens is 434 g/mol. The minimum atomic E-state index is -1.13. The summed E-state index contributed by atoms with van der Waals surface area (Å²) < 4.78 is 28.8. The normalized spacial score (nSPS) is 40.8.